The molecule has 1 heterocycles. The van der Waals surface area contributed by atoms with Gasteiger partial charge in [-0.3, -0.25) is 4.79 Å². The molecule has 0 aliphatic heterocycles. The average molecular weight is 348 g/mol. The van der Waals surface area contributed by atoms with Gasteiger partial charge in [0.1, 0.15) is 11.5 Å². The monoisotopic (exact) mass is 348 g/mol. The molecule has 0 radical (unpaired) electrons. The molecule has 1 aromatic heterocycles. The van der Waals surface area contributed by atoms with Crippen molar-refractivity contribution in [3.05, 3.63) is 52.6 Å². The molecule has 2 aromatic rings. The van der Waals surface area contributed by atoms with E-state index in [1.165, 1.54) is 31.2 Å². The molecular weight excluding hydrogens is 327 g/mol. The number of hydrogen-bond acceptors (Lipinski definition) is 4. The van der Waals surface area contributed by atoms with Gasteiger partial charge >= 0.3 is 5.97 Å². The summed E-state index contributed by atoms with van der Waals surface area (Å²) >= 11 is 0. The van der Waals surface area contributed by atoms with Crippen molar-refractivity contribution in [2.45, 2.75) is 39.9 Å². The molecule has 1 aromatic carbocycles. The van der Waals surface area contributed by atoms with Crippen molar-refractivity contribution in [2.24, 2.45) is 0 Å². The van der Waals surface area contributed by atoms with E-state index in [1.54, 1.807) is 20.8 Å². The van der Waals surface area contributed by atoms with Crippen LogP contribution in [0, 0.1) is 19.7 Å². The number of aromatic amines is 1. The number of amides is 1. The van der Waals surface area contributed by atoms with Crippen molar-refractivity contribution in [1.82, 2.24) is 4.98 Å². The molecule has 25 heavy (non-hydrogen) atoms. The number of carbonyl (C=O) groups excluding carboxylic acids is 2. The van der Waals surface area contributed by atoms with Crippen LogP contribution in [0.2, 0.25) is 0 Å². The summed E-state index contributed by atoms with van der Waals surface area (Å²) in [6.45, 7) is 6.50. The number of benzene rings is 1. The number of nitrogens with one attached hydrogen (secondary N) is 2. The third-order valence-electron chi connectivity index (χ3n) is 3.88. The first-order valence-corrected chi connectivity index (χ1v) is 7.85. The summed E-state index contributed by atoms with van der Waals surface area (Å²) in [7, 11) is 0. The maximum atomic E-state index is 12.9. The zero-order valence-electron chi connectivity index (χ0n) is 14.5. The van der Waals surface area contributed by atoms with Crippen LogP contribution in [0.1, 0.15) is 47.3 Å². The zero-order valence-corrected chi connectivity index (χ0v) is 14.5. The van der Waals surface area contributed by atoms with E-state index in [9.17, 15) is 19.1 Å². The number of H-pyrrole nitrogens is 1. The quantitative estimate of drug-likeness (QED) is 0.725. The Morgan fingerprint density at radius 1 is 1.20 bits per heavy atom. The summed E-state index contributed by atoms with van der Waals surface area (Å²) in [6.07, 6.45) is -1.77. The van der Waals surface area contributed by atoms with Gasteiger partial charge in [0.25, 0.3) is 5.91 Å². The van der Waals surface area contributed by atoms with Crippen LogP contribution in [-0.2, 0) is 9.53 Å². The third-order valence-corrected chi connectivity index (χ3v) is 3.88. The van der Waals surface area contributed by atoms with Gasteiger partial charge in [-0.2, -0.15) is 0 Å². The summed E-state index contributed by atoms with van der Waals surface area (Å²) in [5.41, 5.74) is 2.49. The number of ether oxygens (including phenoxy) is 1. The van der Waals surface area contributed by atoms with Crippen LogP contribution in [-0.4, -0.2) is 28.1 Å². The molecule has 0 saturated heterocycles. The fourth-order valence-corrected chi connectivity index (χ4v) is 2.65. The first-order valence-electron chi connectivity index (χ1n) is 7.85. The predicted molar refractivity (Wildman–Crippen MR) is 90.8 cm³/mol. The minimum atomic E-state index is -1.05. The van der Waals surface area contributed by atoms with E-state index < -0.39 is 29.9 Å². The highest BCUT2D eigenvalue weighted by atomic mass is 19.1. The van der Waals surface area contributed by atoms with E-state index in [2.05, 4.69) is 10.3 Å². The number of aryl methyl sites for hydroxylation is 1. The number of carbonyl (C=O) groups is 2. The molecule has 1 amide bonds. The summed E-state index contributed by atoms with van der Waals surface area (Å²) in [5.74, 6) is -1.63. The fourth-order valence-electron chi connectivity index (χ4n) is 2.65. The molecule has 0 saturated carbocycles. The van der Waals surface area contributed by atoms with Crippen LogP contribution in [0.15, 0.2) is 24.3 Å². The summed E-state index contributed by atoms with van der Waals surface area (Å²) < 4.78 is 18.1. The van der Waals surface area contributed by atoms with Gasteiger partial charge in [0, 0.05) is 16.9 Å². The minimum Gasteiger partial charge on any atom is -0.448 e. The number of aliphatic hydroxyl groups is 1. The molecule has 0 bridgehead atoms. The van der Waals surface area contributed by atoms with E-state index in [4.69, 9.17) is 4.74 Å². The molecule has 7 heteroatoms. The lowest BCUT2D eigenvalue weighted by Crippen LogP contribution is -2.30. The second-order valence-electron chi connectivity index (χ2n) is 5.88. The second-order valence-corrected chi connectivity index (χ2v) is 5.88. The molecule has 0 fully saturated rings. The van der Waals surface area contributed by atoms with Gasteiger partial charge < -0.3 is 20.1 Å². The number of rotatable bonds is 5. The fraction of sp³-hybridized carbons (Fsp3) is 0.333. The third kappa shape index (κ3) is 4.24. The molecule has 3 N–H and O–H groups in total. The van der Waals surface area contributed by atoms with Crippen molar-refractivity contribution < 1.29 is 23.8 Å². The first-order chi connectivity index (χ1) is 11.7. The number of aromatic nitrogens is 1. The Hall–Kier alpha value is -2.67. The smallest absolute Gasteiger partial charge is 0.355 e. The standard InChI is InChI=1S/C18H21FN2O4/c1-9-15(11(3)22)10(2)20-16(9)18(24)25-12(4)17(23)21-14-7-5-13(19)6-8-14/h5-8,11-12,20,22H,1-4H3,(H,21,23)/t11-,12-/m0/s1. The SMILES string of the molecule is Cc1[nH]c(C(=O)O[C@@H](C)C(=O)Nc2ccc(F)cc2)c(C)c1[C@H](C)O. The topological polar surface area (TPSA) is 91.4 Å². The maximum Gasteiger partial charge on any atom is 0.355 e. The van der Waals surface area contributed by atoms with Gasteiger partial charge in [0.15, 0.2) is 6.10 Å². The Kier molecular flexibility index (Phi) is 5.58. The lowest BCUT2D eigenvalue weighted by molar-refractivity contribution is -0.123. The molecule has 0 unspecified atom stereocenters. The van der Waals surface area contributed by atoms with Crippen LogP contribution in [0.25, 0.3) is 0 Å². The van der Waals surface area contributed by atoms with E-state index in [0.717, 1.165) is 0 Å². The lowest BCUT2D eigenvalue weighted by Gasteiger charge is -2.13. The Labute approximate surface area is 145 Å². The summed E-state index contributed by atoms with van der Waals surface area (Å²) in [4.78, 5) is 27.3. The molecule has 2 atom stereocenters. The Bertz CT molecular complexity index is 781. The lowest BCUT2D eigenvalue weighted by atomic mass is 10.1. The van der Waals surface area contributed by atoms with E-state index in [0.29, 0.717) is 22.5 Å². The van der Waals surface area contributed by atoms with E-state index in [-0.39, 0.29) is 5.69 Å². The van der Waals surface area contributed by atoms with Gasteiger partial charge in [0.05, 0.1) is 6.10 Å². The number of anilines is 1. The summed E-state index contributed by atoms with van der Waals surface area (Å²) in [6, 6.07) is 5.26. The molecule has 0 spiro atoms. The number of halogens is 1. The van der Waals surface area contributed by atoms with E-state index in [1.807, 2.05) is 0 Å². The molecular formula is C18H21FN2O4. The van der Waals surface area contributed by atoms with Crippen molar-refractivity contribution in [1.29, 1.82) is 0 Å². The van der Waals surface area contributed by atoms with Gasteiger partial charge in [-0.1, -0.05) is 0 Å². The van der Waals surface area contributed by atoms with Crippen molar-refractivity contribution in [3.63, 3.8) is 0 Å². The Balaban J connectivity index is 2.06. The average Bonchev–Trinajstić information content (AvgIpc) is 2.84. The Morgan fingerprint density at radius 3 is 2.32 bits per heavy atom. The maximum absolute atomic E-state index is 12.9. The predicted octanol–water partition coefficient (Wildman–Crippen LogP) is 3.01. The zero-order chi connectivity index (χ0) is 18.7. The van der Waals surface area contributed by atoms with Crippen LogP contribution in [0.5, 0.6) is 0 Å². The molecule has 0 aliphatic carbocycles. The van der Waals surface area contributed by atoms with Crippen molar-refractivity contribution in [2.75, 3.05) is 5.32 Å². The second kappa shape index (κ2) is 7.48. The van der Waals surface area contributed by atoms with Gasteiger partial charge in [-0.25, -0.2) is 9.18 Å². The highest BCUT2D eigenvalue weighted by Gasteiger charge is 2.24. The number of aliphatic hydroxyl groups excluding tert-OH is 1. The van der Waals surface area contributed by atoms with Crippen LogP contribution in [0.4, 0.5) is 10.1 Å². The highest BCUT2D eigenvalue weighted by molar-refractivity contribution is 5.97. The highest BCUT2D eigenvalue weighted by Crippen LogP contribution is 2.25. The molecule has 134 valence electrons. The van der Waals surface area contributed by atoms with Crippen LogP contribution < -0.4 is 5.32 Å². The Morgan fingerprint density at radius 2 is 1.80 bits per heavy atom. The molecule has 2 rings (SSSR count). The first kappa shape index (κ1) is 18.7. The van der Waals surface area contributed by atoms with E-state index >= 15 is 0 Å². The number of hydrogen-bond donors (Lipinski definition) is 3. The normalized spacial score (nSPS) is 13.2. The minimum absolute atomic E-state index is 0.204. The van der Waals surface area contributed by atoms with Gasteiger partial charge in [-0.15, -0.1) is 0 Å². The number of esters is 1. The largest absolute Gasteiger partial charge is 0.448 e. The summed E-state index contributed by atoms with van der Waals surface area (Å²) in [5, 5.41) is 12.3. The van der Waals surface area contributed by atoms with Crippen LogP contribution >= 0.6 is 0 Å². The van der Waals surface area contributed by atoms with Gasteiger partial charge in [0.2, 0.25) is 0 Å². The van der Waals surface area contributed by atoms with Gasteiger partial charge in [-0.05, 0) is 57.5 Å². The van der Waals surface area contributed by atoms with Crippen molar-refractivity contribution in [3.8, 4) is 0 Å². The molecule has 0 aliphatic rings. The van der Waals surface area contributed by atoms with Crippen LogP contribution in [0.3, 0.4) is 0 Å². The molecule has 6 nitrogen and oxygen atoms in total. The van der Waals surface area contributed by atoms with Crippen molar-refractivity contribution >= 4 is 17.6 Å².